The first-order valence-electron chi connectivity index (χ1n) is 4.50. The topological polar surface area (TPSA) is 88.0 Å². The molecule has 2 aromatic rings. The number of hydrogen-bond donors (Lipinski definition) is 2. The van der Waals surface area contributed by atoms with Crippen molar-refractivity contribution in [1.82, 2.24) is 15.0 Å². The highest BCUT2D eigenvalue weighted by atomic mass is 16.4. The summed E-state index contributed by atoms with van der Waals surface area (Å²) in [5.41, 5.74) is -0.131. The summed E-state index contributed by atoms with van der Waals surface area (Å²) in [6.07, 6.45) is 4.34. The summed E-state index contributed by atoms with van der Waals surface area (Å²) >= 11 is 0. The monoisotopic (exact) mass is 216 g/mol. The van der Waals surface area contributed by atoms with Gasteiger partial charge >= 0.3 is 5.97 Å². The number of rotatable bonds is 3. The average Bonchev–Trinajstić information content (AvgIpc) is 2.31. The van der Waals surface area contributed by atoms with Gasteiger partial charge in [-0.15, -0.1) is 0 Å². The van der Waals surface area contributed by atoms with Crippen LogP contribution in [0.5, 0.6) is 0 Å². The van der Waals surface area contributed by atoms with Gasteiger partial charge in [-0.25, -0.2) is 19.7 Å². The molecule has 0 saturated carbocycles. The fourth-order valence-corrected chi connectivity index (χ4v) is 1.14. The van der Waals surface area contributed by atoms with Crippen LogP contribution in [0.1, 0.15) is 10.5 Å². The van der Waals surface area contributed by atoms with Crippen molar-refractivity contribution in [2.45, 2.75) is 0 Å². The molecule has 0 amide bonds. The van der Waals surface area contributed by atoms with Crippen molar-refractivity contribution in [3.63, 3.8) is 0 Å². The molecule has 16 heavy (non-hydrogen) atoms. The van der Waals surface area contributed by atoms with Crippen LogP contribution in [0.2, 0.25) is 0 Å². The van der Waals surface area contributed by atoms with E-state index in [1.54, 1.807) is 24.4 Å². The van der Waals surface area contributed by atoms with Gasteiger partial charge in [-0.3, -0.25) is 0 Å². The van der Waals surface area contributed by atoms with Gasteiger partial charge in [0.25, 0.3) is 0 Å². The fraction of sp³-hybridized carbons (Fsp3) is 0. The molecule has 0 radical (unpaired) electrons. The van der Waals surface area contributed by atoms with Gasteiger partial charge in [-0.1, -0.05) is 6.07 Å². The van der Waals surface area contributed by atoms with Crippen LogP contribution in [0.4, 0.5) is 11.6 Å². The highest BCUT2D eigenvalue weighted by Gasteiger charge is 2.12. The molecular weight excluding hydrogens is 208 g/mol. The molecule has 0 unspecified atom stereocenters. The van der Waals surface area contributed by atoms with Crippen molar-refractivity contribution in [3.05, 3.63) is 42.5 Å². The van der Waals surface area contributed by atoms with Crippen molar-refractivity contribution in [3.8, 4) is 0 Å². The lowest BCUT2D eigenvalue weighted by Crippen LogP contribution is -2.07. The lowest BCUT2D eigenvalue weighted by molar-refractivity contribution is 0.0691. The summed E-state index contributed by atoms with van der Waals surface area (Å²) in [5.74, 6) is -0.439. The third kappa shape index (κ3) is 2.11. The van der Waals surface area contributed by atoms with Gasteiger partial charge in [0.1, 0.15) is 5.82 Å². The van der Waals surface area contributed by atoms with Crippen LogP contribution in [-0.2, 0) is 0 Å². The van der Waals surface area contributed by atoms with E-state index in [1.165, 1.54) is 12.4 Å². The number of carboxylic acid groups (broad SMARTS) is 1. The molecule has 0 spiro atoms. The van der Waals surface area contributed by atoms with Crippen molar-refractivity contribution < 1.29 is 9.90 Å². The molecule has 0 fully saturated rings. The zero-order chi connectivity index (χ0) is 11.4. The van der Waals surface area contributed by atoms with E-state index in [0.29, 0.717) is 5.82 Å². The van der Waals surface area contributed by atoms with Gasteiger partial charge in [-0.2, -0.15) is 0 Å². The minimum Gasteiger partial charge on any atom is -0.476 e. The van der Waals surface area contributed by atoms with Crippen LogP contribution in [-0.4, -0.2) is 26.0 Å². The molecule has 0 atom stereocenters. The van der Waals surface area contributed by atoms with E-state index in [2.05, 4.69) is 20.3 Å². The Balaban J connectivity index is 2.31. The van der Waals surface area contributed by atoms with Crippen molar-refractivity contribution in [2.75, 3.05) is 5.32 Å². The van der Waals surface area contributed by atoms with Gasteiger partial charge in [0.05, 0.1) is 0 Å². The third-order valence-electron chi connectivity index (χ3n) is 1.81. The molecule has 2 rings (SSSR count). The molecule has 0 saturated heterocycles. The van der Waals surface area contributed by atoms with E-state index >= 15 is 0 Å². The summed E-state index contributed by atoms with van der Waals surface area (Å²) in [6.45, 7) is 0. The molecule has 0 aliphatic carbocycles. The van der Waals surface area contributed by atoms with Gasteiger partial charge in [-0.05, 0) is 12.1 Å². The Labute approximate surface area is 91.0 Å². The van der Waals surface area contributed by atoms with Crippen LogP contribution in [0.3, 0.4) is 0 Å². The number of nitrogens with one attached hydrogen (secondary N) is 1. The molecule has 2 aromatic heterocycles. The van der Waals surface area contributed by atoms with E-state index in [9.17, 15) is 4.79 Å². The summed E-state index contributed by atoms with van der Waals surface area (Å²) in [7, 11) is 0. The van der Waals surface area contributed by atoms with Crippen molar-refractivity contribution in [1.29, 1.82) is 0 Å². The molecule has 0 bridgehead atoms. The second kappa shape index (κ2) is 4.35. The molecule has 0 aliphatic heterocycles. The van der Waals surface area contributed by atoms with Crippen molar-refractivity contribution >= 4 is 17.6 Å². The van der Waals surface area contributed by atoms with Crippen LogP contribution >= 0.6 is 0 Å². The van der Waals surface area contributed by atoms with Crippen LogP contribution in [0, 0.1) is 0 Å². The van der Waals surface area contributed by atoms with Gasteiger partial charge in [0.2, 0.25) is 0 Å². The average molecular weight is 216 g/mol. The Morgan fingerprint density at radius 2 is 1.94 bits per heavy atom. The van der Waals surface area contributed by atoms with Crippen LogP contribution in [0.25, 0.3) is 0 Å². The van der Waals surface area contributed by atoms with E-state index in [1.807, 2.05) is 0 Å². The maximum Gasteiger partial charge on any atom is 0.358 e. The first kappa shape index (κ1) is 10.0. The molecule has 2 N–H and O–H groups in total. The lowest BCUT2D eigenvalue weighted by Gasteiger charge is -2.05. The van der Waals surface area contributed by atoms with E-state index in [0.717, 1.165) is 0 Å². The molecular formula is C10H8N4O2. The van der Waals surface area contributed by atoms with E-state index in [-0.39, 0.29) is 11.5 Å². The second-order valence-electron chi connectivity index (χ2n) is 2.90. The number of aromatic carboxylic acids is 1. The second-order valence-corrected chi connectivity index (χ2v) is 2.90. The molecule has 80 valence electrons. The SMILES string of the molecule is O=C(O)c1nccnc1Nc1ccccn1. The highest BCUT2D eigenvalue weighted by Crippen LogP contribution is 2.13. The van der Waals surface area contributed by atoms with Crippen molar-refractivity contribution in [2.24, 2.45) is 0 Å². The number of nitrogens with zero attached hydrogens (tertiary/aromatic N) is 3. The number of hydrogen-bond acceptors (Lipinski definition) is 5. The smallest absolute Gasteiger partial charge is 0.358 e. The standard InChI is InChI=1S/C10H8N4O2/c15-10(16)8-9(13-6-5-12-8)14-7-3-1-2-4-11-7/h1-6H,(H,15,16)(H,11,13,14). The van der Waals surface area contributed by atoms with E-state index in [4.69, 9.17) is 5.11 Å². The quantitative estimate of drug-likeness (QED) is 0.804. The normalized spacial score (nSPS) is 9.75. The fourth-order valence-electron chi connectivity index (χ4n) is 1.14. The number of carboxylic acids is 1. The minimum absolute atomic E-state index is 0.131. The van der Waals surface area contributed by atoms with E-state index < -0.39 is 5.97 Å². The first-order chi connectivity index (χ1) is 7.77. The Kier molecular flexibility index (Phi) is 2.73. The van der Waals surface area contributed by atoms with Gasteiger partial charge < -0.3 is 10.4 Å². The molecule has 2 heterocycles. The molecule has 6 heteroatoms. The number of pyridine rings is 1. The summed E-state index contributed by atoms with van der Waals surface area (Å²) < 4.78 is 0. The van der Waals surface area contributed by atoms with Crippen LogP contribution < -0.4 is 5.32 Å². The van der Waals surface area contributed by atoms with Gasteiger partial charge in [0, 0.05) is 18.6 Å². The molecule has 0 aromatic carbocycles. The maximum absolute atomic E-state index is 10.8. The number of aromatic nitrogens is 3. The predicted octanol–water partition coefficient (Wildman–Crippen LogP) is 1.31. The first-order valence-corrected chi connectivity index (χ1v) is 4.50. The Morgan fingerprint density at radius 3 is 2.62 bits per heavy atom. The van der Waals surface area contributed by atoms with Gasteiger partial charge in [0.15, 0.2) is 11.5 Å². The number of anilines is 2. The zero-order valence-corrected chi connectivity index (χ0v) is 8.16. The molecule has 6 nitrogen and oxygen atoms in total. The Hall–Kier alpha value is -2.50. The Bertz CT molecular complexity index is 501. The maximum atomic E-state index is 10.8. The minimum atomic E-state index is -1.13. The zero-order valence-electron chi connectivity index (χ0n) is 8.16. The predicted molar refractivity (Wildman–Crippen MR) is 56.5 cm³/mol. The Morgan fingerprint density at radius 1 is 1.12 bits per heavy atom. The summed E-state index contributed by atoms with van der Waals surface area (Å²) in [6, 6.07) is 5.26. The summed E-state index contributed by atoms with van der Waals surface area (Å²) in [5, 5.41) is 11.7. The largest absolute Gasteiger partial charge is 0.476 e. The lowest BCUT2D eigenvalue weighted by atomic mass is 10.4. The number of carbonyl (C=O) groups is 1. The summed E-state index contributed by atoms with van der Waals surface area (Å²) in [4.78, 5) is 22.5. The third-order valence-corrected chi connectivity index (χ3v) is 1.81. The molecule has 0 aliphatic rings. The van der Waals surface area contributed by atoms with Crippen LogP contribution in [0.15, 0.2) is 36.8 Å². The highest BCUT2D eigenvalue weighted by molar-refractivity contribution is 5.91.